The third kappa shape index (κ3) is 3.18. The van der Waals surface area contributed by atoms with Gasteiger partial charge in [0.15, 0.2) is 0 Å². The first kappa shape index (κ1) is 13.3. The van der Waals surface area contributed by atoms with Crippen LogP contribution in [0.3, 0.4) is 0 Å². The summed E-state index contributed by atoms with van der Waals surface area (Å²) in [5.41, 5.74) is 0. The number of hydrogen-bond donors (Lipinski definition) is 0. The van der Waals surface area contributed by atoms with Crippen LogP contribution in [0.25, 0.3) is 0 Å². The lowest BCUT2D eigenvalue weighted by molar-refractivity contribution is -0.140. The summed E-state index contributed by atoms with van der Waals surface area (Å²) in [4.78, 5) is 14.0. The maximum atomic E-state index is 13.0. The molecule has 0 N–H and O–H groups in total. The molecule has 0 radical (unpaired) electrons. The molecule has 2 aliphatic rings. The Hall–Kier alpha value is -1.18. The van der Waals surface area contributed by atoms with Crippen molar-refractivity contribution < 1.29 is 13.6 Å². The van der Waals surface area contributed by atoms with Crippen molar-refractivity contribution in [2.45, 2.75) is 56.9 Å². The fourth-order valence-electron chi connectivity index (χ4n) is 2.55. The van der Waals surface area contributed by atoms with Crippen LogP contribution in [0.5, 0.6) is 0 Å². The predicted molar refractivity (Wildman–Crippen MR) is 61.9 cm³/mol. The molecule has 1 amide bonds. The number of carbonyl (C=O) groups excluding carboxylic acids is 1. The van der Waals surface area contributed by atoms with Crippen molar-refractivity contribution in [3.63, 3.8) is 0 Å². The van der Waals surface area contributed by atoms with Crippen LogP contribution < -0.4 is 0 Å². The molecule has 100 valence electrons. The van der Waals surface area contributed by atoms with E-state index in [4.69, 9.17) is 5.26 Å². The molecule has 0 aromatic rings. The van der Waals surface area contributed by atoms with Crippen molar-refractivity contribution in [3.8, 4) is 6.07 Å². The van der Waals surface area contributed by atoms with E-state index in [0.717, 1.165) is 12.8 Å². The Morgan fingerprint density at radius 2 is 1.89 bits per heavy atom. The summed E-state index contributed by atoms with van der Waals surface area (Å²) in [6, 6.07) is 2.30. The highest BCUT2D eigenvalue weighted by molar-refractivity contribution is 5.79. The maximum Gasteiger partial charge on any atom is 0.248 e. The molecule has 5 heteroatoms. The minimum absolute atomic E-state index is 0.0109. The smallest absolute Gasteiger partial charge is 0.248 e. The molecule has 2 rings (SSSR count). The van der Waals surface area contributed by atoms with Crippen molar-refractivity contribution in [1.82, 2.24) is 4.90 Å². The van der Waals surface area contributed by atoms with Crippen LogP contribution in [0, 0.1) is 17.2 Å². The van der Waals surface area contributed by atoms with E-state index in [0.29, 0.717) is 13.0 Å². The van der Waals surface area contributed by atoms with E-state index in [1.54, 1.807) is 4.90 Å². The van der Waals surface area contributed by atoms with Gasteiger partial charge < -0.3 is 4.90 Å². The van der Waals surface area contributed by atoms with Crippen molar-refractivity contribution in [2.75, 3.05) is 6.54 Å². The van der Waals surface area contributed by atoms with E-state index in [9.17, 15) is 13.6 Å². The van der Waals surface area contributed by atoms with Gasteiger partial charge >= 0.3 is 0 Å². The fourth-order valence-corrected chi connectivity index (χ4v) is 2.55. The first-order valence-corrected chi connectivity index (χ1v) is 6.59. The van der Waals surface area contributed by atoms with Gasteiger partial charge in [0.25, 0.3) is 0 Å². The van der Waals surface area contributed by atoms with E-state index in [2.05, 4.69) is 0 Å². The predicted octanol–water partition coefficient (Wildman–Crippen LogP) is 2.72. The normalized spacial score (nSPS) is 23.4. The lowest BCUT2D eigenvalue weighted by Gasteiger charge is -2.31. The molecule has 0 spiro atoms. The Labute approximate surface area is 106 Å². The van der Waals surface area contributed by atoms with Gasteiger partial charge in [0.1, 0.15) is 0 Å². The van der Waals surface area contributed by atoms with E-state index < -0.39 is 5.92 Å². The molecule has 0 heterocycles. The van der Waals surface area contributed by atoms with E-state index in [-0.39, 0.29) is 43.6 Å². The van der Waals surface area contributed by atoms with Gasteiger partial charge in [-0.1, -0.05) is 0 Å². The zero-order valence-corrected chi connectivity index (χ0v) is 10.4. The largest absolute Gasteiger partial charge is 0.338 e. The van der Waals surface area contributed by atoms with Crippen LogP contribution in [0.2, 0.25) is 0 Å². The number of halogens is 2. The van der Waals surface area contributed by atoms with Gasteiger partial charge in [-0.15, -0.1) is 0 Å². The molecular formula is C13H18F2N2O. The zero-order chi connectivity index (χ0) is 13.2. The van der Waals surface area contributed by atoms with E-state index in [1.807, 2.05) is 6.07 Å². The van der Waals surface area contributed by atoms with Gasteiger partial charge in [-0.2, -0.15) is 5.26 Å². The number of carbonyl (C=O) groups is 1. The SMILES string of the molecule is N#CCCN(C(=O)C1CCC(F)(F)CC1)C1CC1. The van der Waals surface area contributed by atoms with Crippen molar-refractivity contribution in [2.24, 2.45) is 5.92 Å². The molecule has 0 bridgehead atoms. The number of alkyl halides is 2. The molecule has 0 unspecified atom stereocenters. The summed E-state index contributed by atoms with van der Waals surface area (Å²) in [7, 11) is 0. The number of nitrogens with zero attached hydrogens (tertiary/aromatic N) is 2. The van der Waals surface area contributed by atoms with Crippen LogP contribution in [0.1, 0.15) is 44.9 Å². The molecule has 18 heavy (non-hydrogen) atoms. The Morgan fingerprint density at radius 1 is 1.28 bits per heavy atom. The van der Waals surface area contributed by atoms with E-state index >= 15 is 0 Å². The first-order valence-electron chi connectivity index (χ1n) is 6.59. The Kier molecular flexibility index (Phi) is 3.84. The number of hydrogen-bond acceptors (Lipinski definition) is 2. The lowest BCUT2D eigenvalue weighted by atomic mass is 9.86. The summed E-state index contributed by atoms with van der Waals surface area (Å²) in [6.07, 6.45) is 2.49. The van der Waals surface area contributed by atoms with Crippen molar-refractivity contribution in [3.05, 3.63) is 0 Å². The third-order valence-electron chi connectivity index (χ3n) is 3.80. The van der Waals surface area contributed by atoms with Gasteiger partial charge in [-0.05, 0) is 25.7 Å². The lowest BCUT2D eigenvalue weighted by Crippen LogP contribution is -2.41. The highest BCUT2D eigenvalue weighted by Gasteiger charge is 2.41. The Morgan fingerprint density at radius 3 is 2.39 bits per heavy atom. The molecular weight excluding hydrogens is 238 g/mol. The second kappa shape index (κ2) is 5.21. The molecule has 0 saturated heterocycles. The molecule has 0 atom stereocenters. The molecule has 3 nitrogen and oxygen atoms in total. The zero-order valence-electron chi connectivity index (χ0n) is 10.4. The van der Waals surface area contributed by atoms with Crippen molar-refractivity contribution >= 4 is 5.91 Å². The Balaban J connectivity index is 1.91. The highest BCUT2D eigenvalue weighted by atomic mass is 19.3. The van der Waals surface area contributed by atoms with Gasteiger partial charge in [0.2, 0.25) is 11.8 Å². The monoisotopic (exact) mass is 256 g/mol. The van der Waals surface area contributed by atoms with E-state index in [1.165, 1.54) is 0 Å². The third-order valence-corrected chi connectivity index (χ3v) is 3.80. The summed E-state index contributed by atoms with van der Waals surface area (Å²) >= 11 is 0. The topological polar surface area (TPSA) is 44.1 Å². The van der Waals surface area contributed by atoms with Gasteiger partial charge in [-0.25, -0.2) is 8.78 Å². The highest BCUT2D eigenvalue weighted by Crippen LogP contribution is 2.38. The average molecular weight is 256 g/mol. The molecule has 0 aromatic heterocycles. The summed E-state index contributed by atoms with van der Waals surface area (Å²) < 4.78 is 26.1. The fraction of sp³-hybridized carbons (Fsp3) is 0.846. The number of amides is 1. The van der Waals surface area contributed by atoms with Crippen LogP contribution in [-0.4, -0.2) is 29.3 Å². The molecule has 0 aromatic carbocycles. The second-order valence-corrected chi connectivity index (χ2v) is 5.30. The van der Waals surface area contributed by atoms with Gasteiger partial charge in [-0.3, -0.25) is 4.79 Å². The van der Waals surface area contributed by atoms with Crippen LogP contribution >= 0.6 is 0 Å². The molecule has 2 saturated carbocycles. The quantitative estimate of drug-likeness (QED) is 0.776. The van der Waals surface area contributed by atoms with Crippen molar-refractivity contribution in [1.29, 1.82) is 5.26 Å². The minimum Gasteiger partial charge on any atom is -0.338 e. The molecule has 2 aliphatic carbocycles. The van der Waals surface area contributed by atoms with Crippen LogP contribution in [0.15, 0.2) is 0 Å². The molecule has 0 aliphatic heterocycles. The molecule has 2 fully saturated rings. The Bertz CT molecular complexity index is 350. The van der Waals surface area contributed by atoms with Gasteiger partial charge in [0.05, 0.1) is 12.5 Å². The maximum absolute atomic E-state index is 13.0. The summed E-state index contributed by atoms with van der Waals surface area (Å²) in [5, 5.41) is 8.59. The standard InChI is InChI=1S/C13H18F2N2O/c14-13(15)6-4-10(5-7-13)12(18)17(9-1-8-16)11-2-3-11/h10-11H,1-7,9H2. The minimum atomic E-state index is -2.59. The summed E-state index contributed by atoms with van der Waals surface area (Å²) in [6.45, 7) is 0.451. The first-order chi connectivity index (χ1) is 8.53. The average Bonchev–Trinajstić information content (AvgIpc) is 3.13. The van der Waals surface area contributed by atoms with Gasteiger partial charge in [0, 0.05) is 31.3 Å². The summed E-state index contributed by atoms with van der Waals surface area (Å²) in [5.74, 6) is -2.86. The second-order valence-electron chi connectivity index (χ2n) is 5.30. The van der Waals surface area contributed by atoms with Crippen LogP contribution in [0.4, 0.5) is 8.78 Å². The number of rotatable bonds is 4. The number of nitriles is 1. The van der Waals surface area contributed by atoms with Crippen LogP contribution in [-0.2, 0) is 4.79 Å².